The van der Waals surface area contributed by atoms with Gasteiger partial charge in [-0.05, 0) is 17.7 Å². The first-order chi connectivity index (χ1) is 10.1. The molecule has 0 aliphatic rings. The average molecular weight is 323 g/mol. The van der Waals surface area contributed by atoms with E-state index in [1.165, 1.54) is 6.21 Å². The van der Waals surface area contributed by atoms with E-state index >= 15 is 0 Å². The number of rotatable bonds is 4. The first-order valence-electron chi connectivity index (χ1n) is 6.09. The van der Waals surface area contributed by atoms with Gasteiger partial charge in [0.2, 0.25) is 0 Å². The van der Waals surface area contributed by atoms with Crippen molar-refractivity contribution in [2.24, 2.45) is 5.10 Å². The van der Waals surface area contributed by atoms with Crippen molar-refractivity contribution >= 4 is 35.3 Å². The van der Waals surface area contributed by atoms with Crippen molar-refractivity contribution in [3.63, 3.8) is 0 Å². The number of amides is 1. The molecule has 6 heteroatoms. The minimum atomic E-state index is -1.27. The molecule has 0 aliphatic heterocycles. The van der Waals surface area contributed by atoms with E-state index in [2.05, 4.69) is 10.5 Å². The van der Waals surface area contributed by atoms with Crippen molar-refractivity contribution in [2.75, 3.05) is 0 Å². The molecule has 0 heterocycles. The van der Waals surface area contributed by atoms with E-state index in [9.17, 15) is 9.90 Å². The molecule has 108 valence electrons. The number of halogens is 2. The van der Waals surface area contributed by atoms with Crippen LogP contribution < -0.4 is 5.43 Å². The summed E-state index contributed by atoms with van der Waals surface area (Å²) in [6.07, 6.45) is 0.109. The molecular formula is C15H12Cl2N2O2. The molecule has 1 unspecified atom stereocenters. The van der Waals surface area contributed by atoms with Gasteiger partial charge in [-0.25, -0.2) is 5.43 Å². The SMILES string of the molecule is O=C(N/N=C/c1ccc(Cl)cc1Cl)C(O)c1ccccc1. The van der Waals surface area contributed by atoms with Crippen molar-refractivity contribution in [2.45, 2.75) is 6.10 Å². The van der Waals surface area contributed by atoms with Crippen molar-refractivity contribution in [1.29, 1.82) is 0 Å². The van der Waals surface area contributed by atoms with Crippen LogP contribution in [0.2, 0.25) is 10.0 Å². The summed E-state index contributed by atoms with van der Waals surface area (Å²) < 4.78 is 0. The summed E-state index contributed by atoms with van der Waals surface area (Å²) in [4.78, 5) is 11.7. The van der Waals surface area contributed by atoms with Gasteiger partial charge in [-0.3, -0.25) is 4.79 Å². The highest BCUT2D eigenvalue weighted by molar-refractivity contribution is 6.36. The first kappa shape index (κ1) is 15.5. The largest absolute Gasteiger partial charge is 0.378 e. The maximum atomic E-state index is 11.7. The summed E-state index contributed by atoms with van der Waals surface area (Å²) >= 11 is 11.7. The maximum absolute atomic E-state index is 11.7. The normalized spacial score (nSPS) is 12.3. The Morgan fingerprint density at radius 2 is 1.90 bits per heavy atom. The Balaban J connectivity index is 1.99. The molecule has 0 saturated heterocycles. The molecule has 2 aromatic carbocycles. The Morgan fingerprint density at radius 3 is 2.57 bits per heavy atom. The van der Waals surface area contributed by atoms with E-state index in [1.807, 2.05) is 0 Å². The fourth-order valence-corrected chi connectivity index (χ4v) is 2.08. The molecule has 4 nitrogen and oxygen atoms in total. The molecule has 1 atom stereocenters. The molecule has 0 spiro atoms. The Bertz CT molecular complexity index is 660. The van der Waals surface area contributed by atoms with Gasteiger partial charge in [0.25, 0.3) is 5.91 Å². The van der Waals surface area contributed by atoms with Crippen molar-refractivity contribution in [3.8, 4) is 0 Å². The number of carbonyl (C=O) groups excluding carboxylic acids is 1. The second-order valence-corrected chi connectivity index (χ2v) is 5.06. The molecule has 0 bridgehead atoms. The zero-order chi connectivity index (χ0) is 15.2. The summed E-state index contributed by atoms with van der Waals surface area (Å²) in [5, 5.41) is 14.5. The second kappa shape index (κ2) is 7.22. The highest BCUT2D eigenvalue weighted by atomic mass is 35.5. The molecule has 21 heavy (non-hydrogen) atoms. The lowest BCUT2D eigenvalue weighted by atomic mass is 10.1. The third-order valence-corrected chi connectivity index (χ3v) is 3.27. The number of benzene rings is 2. The molecule has 0 aliphatic carbocycles. The Kier molecular flexibility index (Phi) is 5.33. The standard InChI is InChI=1S/C15H12Cl2N2O2/c16-12-7-6-11(13(17)8-12)9-18-19-15(21)14(20)10-4-2-1-3-5-10/h1-9,14,20H,(H,19,21)/b18-9+. The van der Waals surface area contributed by atoms with Gasteiger partial charge in [0.1, 0.15) is 0 Å². The summed E-state index contributed by atoms with van der Waals surface area (Å²) in [6, 6.07) is 13.5. The molecular weight excluding hydrogens is 311 g/mol. The van der Waals surface area contributed by atoms with Crippen LogP contribution in [0.5, 0.6) is 0 Å². The predicted octanol–water partition coefficient (Wildman–Crippen LogP) is 3.18. The van der Waals surface area contributed by atoms with Gasteiger partial charge < -0.3 is 5.11 Å². The molecule has 0 radical (unpaired) electrons. The molecule has 2 N–H and O–H groups in total. The predicted molar refractivity (Wildman–Crippen MR) is 83.6 cm³/mol. The lowest BCUT2D eigenvalue weighted by Crippen LogP contribution is -2.25. The van der Waals surface area contributed by atoms with E-state index in [0.29, 0.717) is 21.2 Å². The van der Waals surface area contributed by atoms with Crippen LogP contribution in [-0.2, 0) is 4.79 Å². The van der Waals surface area contributed by atoms with Crippen LogP contribution >= 0.6 is 23.2 Å². The molecule has 0 aromatic heterocycles. The summed E-state index contributed by atoms with van der Waals surface area (Å²) in [6.45, 7) is 0. The molecule has 0 fully saturated rings. The maximum Gasteiger partial charge on any atom is 0.273 e. The Morgan fingerprint density at radius 1 is 1.19 bits per heavy atom. The van der Waals surface area contributed by atoms with E-state index in [1.54, 1.807) is 48.5 Å². The molecule has 0 saturated carbocycles. The van der Waals surface area contributed by atoms with Gasteiger partial charge in [0, 0.05) is 10.6 Å². The van der Waals surface area contributed by atoms with Crippen LogP contribution in [-0.4, -0.2) is 17.2 Å². The zero-order valence-corrected chi connectivity index (χ0v) is 12.3. The number of carbonyl (C=O) groups is 1. The van der Waals surface area contributed by atoms with Gasteiger partial charge in [-0.1, -0.05) is 59.6 Å². The third-order valence-electron chi connectivity index (χ3n) is 2.70. The summed E-state index contributed by atoms with van der Waals surface area (Å²) in [5.41, 5.74) is 3.36. The van der Waals surface area contributed by atoms with Crippen LogP contribution in [0.1, 0.15) is 17.2 Å². The smallest absolute Gasteiger partial charge is 0.273 e. The van der Waals surface area contributed by atoms with Gasteiger partial charge in [0.15, 0.2) is 6.10 Å². The van der Waals surface area contributed by atoms with E-state index in [-0.39, 0.29) is 0 Å². The number of nitrogens with one attached hydrogen (secondary N) is 1. The third kappa shape index (κ3) is 4.29. The van der Waals surface area contributed by atoms with Gasteiger partial charge in [-0.15, -0.1) is 0 Å². The van der Waals surface area contributed by atoms with Crippen molar-refractivity contribution in [1.82, 2.24) is 5.43 Å². The van der Waals surface area contributed by atoms with Crippen LogP contribution in [0.25, 0.3) is 0 Å². The summed E-state index contributed by atoms with van der Waals surface area (Å²) in [5.74, 6) is -0.623. The number of hydrogen-bond donors (Lipinski definition) is 2. The molecule has 1 amide bonds. The van der Waals surface area contributed by atoms with Crippen molar-refractivity contribution in [3.05, 3.63) is 69.7 Å². The van der Waals surface area contributed by atoms with E-state index in [4.69, 9.17) is 23.2 Å². The number of aliphatic hydroxyl groups is 1. The van der Waals surface area contributed by atoms with Crippen LogP contribution in [0.3, 0.4) is 0 Å². The zero-order valence-electron chi connectivity index (χ0n) is 10.8. The topological polar surface area (TPSA) is 61.7 Å². The van der Waals surface area contributed by atoms with Gasteiger partial charge in [0.05, 0.1) is 11.2 Å². The quantitative estimate of drug-likeness (QED) is 0.670. The Hall–Kier alpha value is -1.88. The molecule has 2 aromatic rings. The van der Waals surface area contributed by atoms with Crippen molar-refractivity contribution < 1.29 is 9.90 Å². The number of aliphatic hydroxyl groups excluding tert-OH is 1. The van der Waals surface area contributed by atoms with Crippen LogP contribution in [0.4, 0.5) is 0 Å². The lowest BCUT2D eigenvalue weighted by Gasteiger charge is -2.08. The average Bonchev–Trinajstić information content (AvgIpc) is 2.49. The minimum Gasteiger partial charge on any atom is -0.378 e. The number of hydrogen-bond acceptors (Lipinski definition) is 3. The minimum absolute atomic E-state index is 0.420. The first-order valence-corrected chi connectivity index (χ1v) is 6.84. The van der Waals surface area contributed by atoms with Gasteiger partial charge in [-0.2, -0.15) is 5.10 Å². The number of nitrogens with zero attached hydrogens (tertiary/aromatic N) is 1. The summed E-state index contributed by atoms with van der Waals surface area (Å²) in [7, 11) is 0. The lowest BCUT2D eigenvalue weighted by molar-refractivity contribution is -0.129. The monoisotopic (exact) mass is 322 g/mol. The van der Waals surface area contributed by atoms with E-state index in [0.717, 1.165) is 0 Å². The number of hydrazone groups is 1. The highest BCUT2D eigenvalue weighted by Gasteiger charge is 2.15. The second-order valence-electron chi connectivity index (χ2n) is 4.21. The fraction of sp³-hybridized carbons (Fsp3) is 0.0667. The van der Waals surface area contributed by atoms with Gasteiger partial charge >= 0.3 is 0 Å². The fourth-order valence-electron chi connectivity index (χ4n) is 1.62. The molecule has 2 rings (SSSR count). The van der Waals surface area contributed by atoms with E-state index < -0.39 is 12.0 Å². The van der Waals surface area contributed by atoms with Crippen LogP contribution in [0.15, 0.2) is 53.6 Å². The highest BCUT2D eigenvalue weighted by Crippen LogP contribution is 2.19. The Labute approximate surface area is 132 Å². The van der Waals surface area contributed by atoms with Crippen LogP contribution in [0, 0.1) is 0 Å².